The zero-order chi connectivity index (χ0) is 15.7. The first-order valence-corrected chi connectivity index (χ1v) is 6.72. The van der Waals surface area contributed by atoms with E-state index in [1.165, 1.54) is 7.05 Å². The Morgan fingerprint density at radius 2 is 2.23 bits per heavy atom. The van der Waals surface area contributed by atoms with Crippen LogP contribution < -0.4 is 5.32 Å². The molecule has 2 aromatic rings. The van der Waals surface area contributed by atoms with Crippen LogP contribution in [0.5, 0.6) is 0 Å². The van der Waals surface area contributed by atoms with Gasteiger partial charge in [0.15, 0.2) is 6.10 Å². The number of hydrogen-bond donors (Lipinski definition) is 2. The number of nitro groups is 1. The van der Waals surface area contributed by atoms with Crippen LogP contribution >= 0.6 is 0 Å². The summed E-state index contributed by atoms with van der Waals surface area (Å²) in [7, 11) is 1.48. The van der Waals surface area contributed by atoms with Gasteiger partial charge in [0.25, 0.3) is 11.9 Å². The van der Waals surface area contributed by atoms with E-state index in [0.29, 0.717) is 5.56 Å². The summed E-state index contributed by atoms with van der Waals surface area (Å²) in [6, 6.07) is 7.53. The summed E-state index contributed by atoms with van der Waals surface area (Å²) in [5, 5.41) is 14.3. The van der Waals surface area contributed by atoms with Crippen LogP contribution in [0.2, 0.25) is 0 Å². The number of carbonyl (C=O) groups is 1. The number of amidine groups is 1. The van der Waals surface area contributed by atoms with Gasteiger partial charge in [-0.1, -0.05) is 18.2 Å². The highest BCUT2D eigenvalue weighted by molar-refractivity contribution is 6.03. The summed E-state index contributed by atoms with van der Waals surface area (Å²) >= 11 is 0. The number of hydrogen-bond acceptors (Lipinski definition) is 5. The van der Waals surface area contributed by atoms with Gasteiger partial charge in [-0.3, -0.25) is 20.2 Å². The molecule has 0 spiro atoms. The molecule has 3 rings (SSSR count). The van der Waals surface area contributed by atoms with E-state index in [1.807, 2.05) is 24.3 Å². The Kier molecular flexibility index (Phi) is 3.50. The molecule has 8 nitrogen and oxygen atoms in total. The topological polar surface area (TPSA) is 110 Å². The first-order valence-electron chi connectivity index (χ1n) is 6.72. The minimum atomic E-state index is -0.969. The first-order chi connectivity index (χ1) is 10.6. The second kappa shape index (κ2) is 5.47. The van der Waals surface area contributed by atoms with Crippen LogP contribution in [0.4, 0.5) is 0 Å². The molecule has 0 radical (unpaired) electrons. The van der Waals surface area contributed by atoms with E-state index in [2.05, 4.69) is 15.3 Å². The van der Waals surface area contributed by atoms with Crippen molar-refractivity contribution in [3.63, 3.8) is 0 Å². The number of para-hydroxylation sites is 1. The Bertz CT molecular complexity index is 767. The smallest absolute Gasteiger partial charge is 0.292 e. The highest BCUT2D eigenvalue weighted by Crippen LogP contribution is 2.31. The molecule has 0 saturated carbocycles. The van der Waals surface area contributed by atoms with Crippen molar-refractivity contribution in [1.82, 2.24) is 10.3 Å². The molecule has 2 N–H and O–H groups in total. The third-order valence-corrected chi connectivity index (χ3v) is 3.66. The number of nitrogens with one attached hydrogen (secondary N) is 2. The van der Waals surface area contributed by atoms with Crippen molar-refractivity contribution in [3.8, 4) is 0 Å². The normalized spacial score (nSPS) is 20.9. The molecule has 0 unspecified atom stereocenters. The third-order valence-electron chi connectivity index (χ3n) is 3.66. The van der Waals surface area contributed by atoms with Gasteiger partial charge in [-0.05, 0) is 11.6 Å². The van der Waals surface area contributed by atoms with Crippen LogP contribution in [0.15, 0.2) is 35.5 Å². The number of amides is 1. The molecule has 1 saturated heterocycles. The molecular formula is C14H14N4O4. The average Bonchev–Trinajstić information content (AvgIpc) is 3.08. The number of H-pyrrole nitrogens is 1. The molecule has 1 amide bonds. The zero-order valence-corrected chi connectivity index (χ0v) is 11.8. The number of ether oxygens (including phenoxy) is 1. The standard InChI is InChI=1S/C14H14N4O4/c1-15-14-17-13(19)12(22-14)10(7-18(20)21)9-6-16-11-5-3-2-4-8(9)11/h2-6,10,12,16H,7H2,1H3,(H,15,17,19)/t10-,12+/m1/s1. The summed E-state index contributed by atoms with van der Waals surface area (Å²) < 4.78 is 5.43. The fourth-order valence-electron chi connectivity index (χ4n) is 2.67. The van der Waals surface area contributed by atoms with E-state index >= 15 is 0 Å². The highest BCUT2D eigenvalue weighted by Gasteiger charge is 2.42. The summed E-state index contributed by atoms with van der Waals surface area (Å²) in [6.45, 7) is -0.406. The van der Waals surface area contributed by atoms with Gasteiger partial charge in [-0.2, -0.15) is 0 Å². The van der Waals surface area contributed by atoms with Crippen molar-refractivity contribution < 1.29 is 14.5 Å². The van der Waals surface area contributed by atoms with Gasteiger partial charge < -0.3 is 9.72 Å². The molecule has 1 aliphatic heterocycles. The van der Waals surface area contributed by atoms with E-state index in [9.17, 15) is 14.9 Å². The van der Waals surface area contributed by atoms with E-state index in [0.717, 1.165) is 10.9 Å². The Morgan fingerprint density at radius 3 is 2.91 bits per heavy atom. The maximum Gasteiger partial charge on any atom is 0.292 e. The second-order valence-electron chi connectivity index (χ2n) is 4.97. The largest absolute Gasteiger partial charge is 0.451 e. The van der Waals surface area contributed by atoms with Crippen molar-refractivity contribution in [2.24, 2.45) is 4.99 Å². The van der Waals surface area contributed by atoms with Crippen LogP contribution in [0, 0.1) is 10.1 Å². The Morgan fingerprint density at radius 1 is 1.45 bits per heavy atom. The van der Waals surface area contributed by atoms with Crippen LogP contribution in [0.25, 0.3) is 10.9 Å². The quantitative estimate of drug-likeness (QED) is 0.649. The first kappa shape index (κ1) is 14.1. The van der Waals surface area contributed by atoms with Crippen molar-refractivity contribution >= 4 is 22.8 Å². The van der Waals surface area contributed by atoms with Crippen molar-refractivity contribution in [1.29, 1.82) is 0 Å². The molecule has 2 heterocycles. The van der Waals surface area contributed by atoms with E-state index in [-0.39, 0.29) is 6.02 Å². The fraction of sp³-hybridized carbons (Fsp3) is 0.286. The predicted octanol–water partition coefficient (Wildman–Crippen LogP) is 1.03. The Labute approximate surface area is 125 Å². The zero-order valence-electron chi connectivity index (χ0n) is 11.8. The average molecular weight is 302 g/mol. The molecule has 22 heavy (non-hydrogen) atoms. The molecule has 1 aromatic carbocycles. The maximum atomic E-state index is 12.0. The molecule has 8 heteroatoms. The molecule has 1 aromatic heterocycles. The van der Waals surface area contributed by atoms with Crippen LogP contribution in [-0.4, -0.2) is 41.5 Å². The van der Waals surface area contributed by atoms with Gasteiger partial charge >= 0.3 is 0 Å². The van der Waals surface area contributed by atoms with Crippen LogP contribution in [-0.2, 0) is 9.53 Å². The lowest BCUT2D eigenvalue weighted by Crippen LogP contribution is -2.33. The summed E-state index contributed by atoms with van der Waals surface area (Å²) in [6.07, 6.45) is 0.722. The number of nitrogens with zero attached hydrogens (tertiary/aromatic N) is 2. The number of fused-ring (bicyclic) bond motifs is 1. The van der Waals surface area contributed by atoms with Gasteiger partial charge in [-0.25, -0.2) is 4.99 Å². The van der Waals surface area contributed by atoms with Gasteiger partial charge in [0.05, 0.1) is 5.92 Å². The fourth-order valence-corrected chi connectivity index (χ4v) is 2.67. The van der Waals surface area contributed by atoms with E-state index in [1.54, 1.807) is 6.20 Å². The minimum Gasteiger partial charge on any atom is -0.451 e. The van der Waals surface area contributed by atoms with Crippen molar-refractivity contribution in [2.45, 2.75) is 12.0 Å². The summed E-state index contributed by atoms with van der Waals surface area (Å²) in [5.74, 6) is -1.12. The van der Waals surface area contributed by atoms with Crippen LogP contribution in [0.3, 0.4) is 0 Å². The number of aromatic amines is 1. The lowest BCUT2D eigenvalue weighted by Gasteiger charge is -2.16. The molecule has 0 bridgehead atoms. The van der Waals surface area contributed by atoms with E-state index in [4.69, 9.17) is 4.74 Å². The Balaban J connectivity index is 2.03. The lowest BCUT2D eigenvalue weighted by molar-refractivity contribution is -0.484. The number of carbonyl (C=O) groups excluding carboxylic acids is 1. The SMILES string of the molecule is CN=C1NC(=O)[C@H]([C@H](C[N+](=O)[O-])c2c[nH]c3ccccc23)O1. The van der Waals surface area contributed by atoms with E-state index < -0.39 is 29.4 Å². The van der Waals surface area contributed by atoms with Gasteiger partial charge in [0, 0.05) is 29.1 Å². The molecule has 2 atom stereocenters. The molecular weight excluding hydrogens is 288 g/mol. The highest BCUT2D eigenvalue weighted by atomic mass is 16.6. The van der Waals surface area contributed by atoms with Gasteiger partial charge in [0.1, 0.15) is 0 Å². The summed E-state index contributed by atoms with van der Waals surface area (Å²) in [5.41, 5.74) is 1.54. The van der Waals surface area contributed by atoms with Crippen molar-refractivity contribution in [3.05, 3.63) is 46.1 Å². The number of rotatable bonds is 4. The molecule has 1 fully saturated rings. The molecule has 1 aliphatic rings. The number of benzene rings is 1. The maximum absolute atomic E-state index is 12.0. The molecule has 114 valence electrons. The predicted molar refractivity (Wildman–Crippen MR) is 79.3 cm³/mol. The lowest BCUT2D eigenvalue weighted by atomic mass is 9.92. The monoisotopic (exact) mass is 302 g/mol. The third kappa shape index (κ3) is 2.39. The van der Waals surface area contributed by atoms with Crippen LogP contribution in [0.1, 0.15) is 11.5 Å². The molecule has 0 aliphatic carbocycles. The van der Waals surface area contributed by atoms with Gasteiger partial charge in [-0.15, -0.1) is 0 Å². The minimum absolute atomic E-state index is 0.0863. The van der Waals surface area contributed by atoms with Gasteiger partial charge in [0.2, 0.25) is 6.54 Å². The Hall–Kier alpha value is -2.90. The second-order valence-corrected chi connectivity index (χ2v) is 4.97. The number of aliphatic imine (C=N–C) groups is 1. The number of aromatic nitrogens is 1. The summed E-state index contributed by atoms with van der Waals surface area (Å²) in [4.78, 5) is 29.5. The van der Waals surface area contributed by atoms with Crippen molar-refractivity contribution in [2.75, 3.05) is 13.6 Å².